The van der Waals surface area contributed by atoms with Crippen molar-refractivity contribution in [3.63, 3.8) is 0 Å². The molecule has 0 aromatic heterocycles. The molecule has 5 aliphatic rings. The Balaban J connectivity index is 1.36. The molecule has 5 fully saturated rings. The Kier molecular flexibility index (Phi) is 28.5. The van der Waals surface area contributed by atoms with Crippen LogP contribution in [0.2, 0.25) is 72.5 Å². The molecule has 17 heteroatoms. The number of rotatable bonds is 32. The zero-order chi connectivity index (χ0) is 67.9. The molecule has 5 aliphatic heterocycles. The van der Waals surface area contributed by atoms with Crippen LogP contribution >= 0.6 is 22.6 Å². The van der Waals surface area contributed by atoms with Crippen molar-refractivity contribution >= 4 is 67.6 Å². The molecule has 0 amide bonds. The topological polar surface area (TPSA) is 126 Å². The molecule has 12 nitrogen and oxygen atoms in total. The largest absolute Gasteiger partial charge is 0.455 e. The SMILES string of the molecule is C=C(C)[C@H](C)C[C@H]1CC[C@@H]2OC(CCC(/C=C/[C@H](O[Si](C)(C)C(C)(C)C)[C@@H]3O[C@H]4CCC(CC(=O)C[C@@H]5[C@@H](C)[C@@H](C[C@H](C)CC)O[C@H]5CCO[Si](CC)(CC)CC)O[C@@H]4[C@H](O[Si](C)(C)C(C)(C)C)[C@@H]3O[Si](C)(C)C(C)(C)C)OC(=O)c3ccccc3)C[C@]2(CI)O1. The smallest absolute Gasteiger partial charge is 0.338 e. The number of esters is 1. The van der Waals surface area contributed by atoms with Crippen LogP contribution in [0.25, 0.3) is 0 Å². The monoisotopic (exact) mass is 1450 g/mol. The number of hydrogen-bond acceptors (Lipinski definition) is 12. The van der Waals surface area contributed by atoms with Gasteiger partial charge in [0.15, 0.2) is 33.3 Å². The molecule has 522 valence electrons. The number of ketones is 1. The fourth-order valence-corrected chi connectivity index (χ4v) is 21.2. The predicted octanol–water partition coefficient (Wildman–Crippen LogP) is 19.4. The van der Waals surface area contributed by atoms with E-state index >= 15 is 0 Å². The molecule has 0 bridgehead atoms. The second kappa shape index (κ2) is 32.8. The molecule has 0 aliphatic carbocycles. The van der Waals surface area contributed by atoms with E-state index < -0.39 is 69.9 Å². The summed E-state index contributed by atoms with van der Waals surface area (Å²) in [6.45, 7) is 57.5. The highest BCUT2D eigenvalue weighted by atomic mass is 127. The van der Waals surface area contributed by atoms with E-state index in [2.05, 4.69) is 198 Å². The Morgan fingerprint density at radius 3 is 1.90 bits per heavy atom. The lowest BCUT2D eigenvalue weighted by Crippen LogP contribution is -2.69. The first-order valence-corrected chi connectivity index (χ1v) is 48.7. The molecular weight excluding hydrogens is 1320 g/mol. The fourth-order valence-electron chi connectivity index (χ4n) is 13.7. The summed E-state index contributed by atoms with van der Waals surface area (Å²) in [5.41, 5.74) is 1.33. The van der Waals surface area contributed by atoms with Gasteiger partial charge in [0.1, 0.15) is 41.9 Å². The van der Waals surface area contributed by atoms with Crippen molar-refractivity contribution in [2.45, 2.75) is 359 Å². The van der Waals surface area contributed by atoms with Crippen LogP contribution in [-0.4, -0.2) is 141 Å². The van der Waals surface area contributed by atoms with E-state index in [1.54, 1.807) is 0 Å². The summed E-state index contributed by atoms with van der Waals surface area (Å²) >= 11 is 2.50. The summed E-state index contributed by atoms with van der Waals surface area (Å²) in [6, 6.07) is 12.6. The highest BCUT2D eigenvalue weighted by Crippen LogP contribution is 2.50. The standard InChI is InChI=1S/C74H131IO12Si4/c1-25-51(7)44-64-53(9)60(61(82-64)42-43-78-91(26-2,27-3)28-4)47-55(76)46-57-37-39-62-66(80-57)68(86-89(21,22)72(13,14)15)69(87-90(23,24)73(16,17)18)67(83-62)63(85-88(19,20)71(10,11)12)40-36-56(81-70(77)54-32-30-29-31-33-54)34-35-59-48-74(49-75)65(79-59)41-38-58(84-74)45-52(8)50(5)6/h29-33,36,40,51-53,56-69H,5,25-28,34-35,37-39,41-49H2,1-4,6-24H3/b40-36+/t51-,52-,53-,56?,57?,58-,59?,60-,61+,62+,63+,64-,65+,66+,67+,68+,69-,74-/m1/s1. The quantitative estimate of drug-likeness (QED) is 0.0224. The maximum absolute atomic E-state index is 14.9. The van der Waals surface area contributed by atoms with Crippen LogP contribution in [0.5, 0.6) is 0 Å². The number of alkyl halides is 1. The van der Waals surface area contributed by atoms with Gasteiger partial charge in [-0.3, -0.25) is 4.79 Å². The van der Waals surface area contributed by atoms with Gasteiger partial charge in [0.05, 0.1) is 54.4 Å². The van der Waals surface area contributed by atoms with Crippen molar-refractivity contribution in [1.29, 1.82) is 0 Å². The van der Waals surface area contributed by atoms with Crippen LogP contribution in [0.1, 0.15) is 212 Å². The molecule has 0 saturated carbocycles. The van der Waals surface area contributed by atoms with Gasteiger partial charge in [0, 0.05) is 30.3 Å². The highest BCUT2D eigenvalue weighted by Gasteiger charge is 2.59. The van der Waals surface area contributed by atoms with Crippen LogP contribution in [0.15, 0.2) is 54.6 Å². The number of Topliss-reactive ketones (excluding diaryl/α,β-unsaturated/α-hetero) is 1. The summed E-state index contributed by atoms with van der Waals surface area (Å²) in [5.74, 6) is 1.15. The van der Waals surface area contributed by atoms with Crippen LogP contribution in [0.4, 0.5) is 0 Å². The number of carbonyl (C=O) groups is 2. The van der Waals surface area contributed by atoms with Crippen LogP contribution in [0, 0.1) is 23.7 Å². The zero-order valence-corrected chi connectivity index (χ0v) is 67.7. The van der Waals surface area contributed by atoms with E-state index in [0.29, 0.717) is 62.5 Å². The van der Waals surface area contributed by atoms with E-state index in [1.165, 1.54) is 5.57 Å². The molecule has 5 saturated heterocycles. The lowest BCUT2D eigenvalue weighted by Gasteiger charge is -2.56. The third-order valence-electron chi connectivity index (χ3n) is 23.8. The fraction of sp³-hybridized carbons (Fsp3) is 0.838. The maximum atomic E-state index is 14.9. The third-order valence-corrected chi connectivity index (χ3v) is 43.2. The van der Waals surface area contributed by atoms with Gasteiger partial charge in [-0.05, 0) is 179 Å². The molecule has 1 aromatic carbocycles. The van der Waals surface area contributed by atoms with Gasteiger partial charge in [-0.1, -0.05) is 176 Å². The summed E-state index contributed by atoms with van der Waals surface area (Å²) in [7, 11) is -9.60. The van der Waals surface area contributed by atoms with Crippen molar-refractivity contribution in [1.82, 2.24) is 0 Å². The van der Waals surface area contributed by atoms with Gasteiger partial charge in [0.25, 0.3) is 0 Å². The normalized spacial score (nSPS) is 31.0. The summed E-state index contributed by atoms with van der Waals surface area (Å²) < 4.78 is 73.9. The molecule has 91 heavy (non-hydrogen) atoms. The Hall–Kier alpha value is -0.922. The van der Waals surface area contributed by atoms with Gasteiger partial charge >= 0.3 is 5.97 Å². The van der Waals surface area contributed by atoms with E-state index in [9.17, 15) is 9.59 Å². The molecule has 18 atom stereocenters. The number of halogens is 1. The number of carbonyl (C=O) groups excluding carboxylic acids is 2. The van der Waals surface area contributed by atoms with E-state index in [-0.39, 0.29) is 87.0 Å². The zero-order valence-electron chi connectivity index (χ0n) is 61.6. The van der Waals surface area contributed by atoms with Gasteiger partial charge in [-0.2, -0.15) is 0 Å². The molecule has 1 aromatic rings. The lowest BCUT2D eigenvalue weighted by molar-refractivity contribution is -0.266. The maximum Gasteiger partial charge on any atom is 0.338 e. The summed E-state index contributed by atoms with van der Waals surface area (Å²) in [4.78, 5) is 29.2. The Bertz CT molecular complexity index is 2480. The van der Waals surface area contributed by atoms with Gasteiger partial charge in [-0.25, -0.2) is 4.79 Å². The van der Waals surface area contributed by atoms with Crippen LogP contribution in [-0.2, 0) is 50.9 Å². The first kappa shape index (κ1) is 79.1. The molecule has 3 unspecified atom stereocenters. The molecule has 6 rings (SSSR count). The van der Waals surface area contributed by atoms with Crippen molar-refractivity contribution in [2.75, 3.05) is 11.0 Å². The number of allylic oxidation sites excluding steroid dienone is 1. The minimum atomic E-state index is -2.63. The molecule has 0 spiro atoms. The molecule has 5 heterocycles. The summed E-state index contributed by atoms with van der Waals surface area (Å²) in [6.07, 6.45) is 10.2. The van der Waals surface area contributed by atoms with Gasteiger partial charge < -0.3 is 46.1 Å². The summed E-state index contributed by atoms with van der Waals surface area (Å²) in [5, 5.41) is -0.482. The average molecular weight is 1450 g/mol. The van der Waals surface area contributed by atoms with E-state index in [0.717, 1.165) is 67.5 Å². The number of ether oxygens (including phenoxy) is 6. The average Bonchev–Trinajstić information content (AvgIpc) is 1.34. The van der Waals surface area contributed by atoms with Gasteiger partial charge in [0.2, 0.25) is 0 Å². The van der Waals surface area contributed by atoms with Crippen LogP contribution in [0.3, 0.4) is 0 Å². The Morgan fingerprint density at radius 2 is 1.33 bits per heavy atom. The van der Waals surface area contributed by atoms with Crippen molar-refractivity contribution < 1.29 is 55.7 Å². The van der Waals surface area contributed by atoms with E-state index in [1.807, 2.05) is 30.3 Å². The minimum absolute atomic E-state index is 0.0145. The predicted molar refractivity (Wildman–Crippen MR) is 392 cm³/mol. The number of fused-ring (bicyclic) bond motifs is 2. The Morgan fingerprint density at radius 1 is 0.725 bits per heavy atom. The lowest BCUT2D eigenvalue weighted by atomic mass is 9.80. The molecular formula is C74H131IO12Si4. The van der Waals surface area contributed by atoms with Crippen molar-refractivity contribution in [3.8, 4) is 0 Å². The van der Waals surface area contributed by atoms with Crippen molar-refractivity contribution in [2.24, 2.45) is 23.7 Å². The first-order chi connectivity index (χ1) is 42.3. The minimum Gasteiger partial charge on any atom is -0.455 e. The number of benzene rings is 1. The molecule has 0 N–H and O–H groups in total. The van der Waals surface area contributed by atoms with E-state index in [4.69, 9.17) is 46.1 Å². The number of hydrogen-bond donors (Lipinski definition) is 0. The van der Waals surface area contributed by atoms with Crippen molar-refractivity contribution in [3.05, 3.63) is 60.2 Å². The second-order valence-electron chi connectivity index (χ2n) is 33.5. The van der Waals surface area contributed by atoms with Crippen LogP contribution < -0.4 is 0 Å². The second-order valence-corrected chi connectivity index (χ2v) is 53.3. The molecule has 0 radical (unpaired) electrons. The first-order valence-electron chi connectivity index (χ1n) is 35.9. The van der Waals surface area contributed by atoms with Gasteiger partial charge in [-0.15, -0.1) is 0 Å². The third kappa shape index (κ3) is 20.4. The Labute approximate surface area is 573 Å². The highest BCUT2D eigenvalue weighted by molar-refractivity contribution is 14.1.